The van der Waals surface area contributed by atoms with Crippen molar-refractivity contribution in [3.63, 3.8) is 0 Å². The van der Waals surface area contributed by atoms with Gasteiger partial charge < -0.3 is 15.4 Å². The molecule has 0 bridgehead atoms. The third kappa shape index (κ3) is 8.17. The van der Waals surface area contributed by atoms with Crippen LogP contribution in [0.25, 0.3) is 0 Å². The molecule has 0 atom stereocenters. The van der Waals surface area contributed by atoms with Crippen LogP contribution in [0.5, 0.6) is 0 Å². The molecule has 4 nitrogen and oxygen atoms in total. The van der Waals surface area contributed by atoms with Crippen LogP contribution in [0.1, 0.15) is 32.1 Å². The molecule has 0 unspecified atom stereocenters. The Morgan fingerprint density at radius 3 is 2.90 bits per heavy atom. The minimum atomic E-state index is 0.302. The maximum absolute atomic E-state index is 5.51. The van der Waals surface area contributed by atoms with E-state index in [2.05, 4.69) is 53.9 Å². The second-order valence-electron chi connectivity index (χ2n) is 4.79. The molecule has 0 fully saturated rings. The summed E-state index contributed by atoms with van der Waals surface area (Å²) in [6.45, 7) is 9.55. The molecule has 1 aromatic heterocycles. The standard InChI is InChI=1S/C15H27N3OS/c1-4-16-15(17-9-6-11-19-13(2)3)18-10-8-14-7-5-12-20-14/h5,7,12-13H,4,6,8-11H2,1-3H3,(H2,16,17,18). The maximum atomic E-state index is 5.51. The number of ether oxygens (including phenoxy) is 1. The van der Waals surface area contributed by atoms with Crippen molar-refractivity contribution < 1.29 is 4.74 Å². The second kappa shape index (κ2) is 10.7. The van der Waals surface area contributed by atoms with Crippen molar-refractivity contribution in [2.24, 2.45) is 4.99 Å². The lowest BCUT2D eigenvalue weighted by atomic mass is 10.3. The molecule has 2 N–H and O–H groups in total. The SMILES string of the molecule is CCNC(=NCCCOC(C)C)NCCc1cccs1. The molecule has 0 aromatic carbocycles. The van der Waals surface area contributed by atoms with Gasteiger partial charge >= 0.3 is 0 Å². The fourth-order valence-corrected chi connectivity index (χ4v) is 2.38. The average Bonchev–Trinajstić information content (AvgIpc) is 2.91. The Hall–Kier alpha value is -1.07. The molecule has 0 spiro atoms. The summed E-state index contributed by atoms with van der Waals surface area (Å²) >= 11 is 1.80. The van der Waals surface area contributed by atoms with E-state index in [1.165, 1.54) is 4.88 Å². The third-order valence-corrected chi connectivity index (χ3v) is 3.55. The highest BCUT2D eigenvalue weighted by Gasteiger charge is 1.98. The van der Waals surface area contributed by atoms with Crippen LogP contribution in [0, 0.1) is 0 Å². The third-order valence-electron chi connectivity index (χ3n) is 2.61. The summed E-state index contributed by atoms with van der Waals surface area (Å²) < 4.78 is 5.51. The van der Waals surface area contributed by atoms with Crippen molar-refractivity contribution in [3.05, 3.63) is 22.4 Å². The van der Waals surface area contributed by atoms with Crippen LogP contribution in [-0.4, -0.2) is 38.3 Å². The van der Waals surface area contributed by atoms with Gasteiger partial charge in [-0.15, -0.1) is 11.3 Å². The molecule has 0 radical (unpaired) electrons. The Morgan fingerprint density at radius 2 is 2.25 bits per heavy atom. The predicted molar refractivity (Wildman–Crippen MR) is 87.7 cm³/mol. The molecule has 114 valence electrons. The zero-order chi connectivity index (χ0) is 14.6. The van der Waals surface area contributed by atoms with Crippen LogP contribution >= 0.6 is 11.3 Å². The van der Waals surface area contributed by atoms with Crippen LogP contribution < -0.4 is 10.6 Å². The summed E-state index contributed by atoms with van der Waals surface area (Å²) in [5.74, 6) is 0.897. The topological polar surface area (TPSA) is 45.7 Å². The molecule has 0 aliphatic carbocycles. The number of thiophene rings is 1. The molecule has 0 saturated carbocycles. The fourth-order valence-electron chi connectivity index (χ4n) is 1.68. The van der Waals surface area contributed by atoms with Gasteiger partial charge in [0.1, 0.15) is 0 Å². The Balaban J connectivity index is 2.20. The second-order valence-corrected chi connectivity index (χ2v) is 5.82. The molecule has 1 rings (SSSR count). The molecule has 1 aromatic rings. The first kappa shape index (κ1) is 17.0. The average molecular weight is 297 g/mol. The first-order valence-corrected chi connectivity index (χ1v) is 8.26. The smallest absolute Gasteiger partial charge is 0.191 e. The van der Waals surface area contributed by atoms with Gasteiger partial charge in [-0.2, -0.15) is 0 Å². The van der Waals surface area contributed by atoms with Crippen molar-refractivity contribution in [2.45, 2.75) is 39.7 Å². The van der Waals surface area contributed by atoms with Crippen molar-refractivity contribution in [2.75, 3.05) is 26.2 Å². The monoisotopic (exact) mass is 297 g/mol. The zero-order valence-electron chi connectivity index (χ0n) is 12.8. The lowest BCUT2D eigenvalue weighted by molar-refractivity contribution is 0.0782. The Labute approximate surface area is 126 Å². The number of nitrogens with one attached hydrogen (secondary N) is 2. The van der Waals surface area contributed by atoms with E-state index in [4.69, 9.17) is 4.74 Å². The molecule has 0 amide bonds. The normalized spacial score (nSPS) is 11.9. The van der Waals surface area contributed by atoms with Gasteiger partial charge in [0.2, 0.25) is 0 Å². The lowest BCUT2D eigenvalue weighted by Gasteiger charge is -2.11. The molecule has 0 saturated heterocycles. The first-order chi connectivity index (χ1) is 9.72. The lowest BCUT2D eigenvalue weighted by Crippen LogP contribution is -2.38. The van der Waals surface area contributed by atoms with Crippen LogP contribution in [0.4, 0.5) is 0 Å². The summed E-state index contributed by atoms with van der Waals surface area (Å²) in [5, 5.41) is 8.74. The van der Waals surface area contributed by atoms with Gasteiger partial charge in [0.25, 0.3) is 0 Å². The molecule has 1 heterocycles. The minimum Gasteiger partial charge on any atom is -0.379 e. The van der Waals surface area contributed by atoms with Crippen LogP contribution in [-0.2, 0) is 11.2 Å². The summed E-state index contributed by atoms with van der Waals surface area (Å²) in [4.78, 5) is 5.95. The quantitative estimate of drug-likeness (QED) is 0.418. The van der Waals surface area contributed by atoms with E-state index in [-0.39, 0.29) is 0 Å². The number of hydrogen-bond donors (Lipinski definition) is 2. The molecule has 0 aliphatic heterocycles. The van der Waals surface area contributed by atoms with Gasteiger partial charge in [-0.3, -0.25) is 4.99 Å². The summed E-state index contributed by atoms with van der Waals surface area (Å²) in [6.07, 6.45) is 2.30. The molecular formula is C15H27N3OS. The van der Waals surface area contributed by atoms with Crippen LogP contribution in [0.2, 0.25) is 0 Å². The van der Waals surface area contributed by atoms with E-state index in [0.717, 1.165) is 45.0 Å². The van der Waals surface area contributed by atoms with Gasteiger partial charge in [-0.05, 0) is 45.1 Å². The number of guanidine groups is 1. The summed E-state index contributed by atoms with van der Waals surface area (Å²) in [7, 11) is 0. The zero-order valence-corrected chi connectivity index (χ0v) is 13.6. The van der Waals surface area contributed by atoms with Crippen LogP contribution in [0.3, 0.4) is 0 Å². The van der Waals surface area contributed by atoms with E-state index in [1.807, 2.05) is 0 Å². The highest BCUT2D eigenvalue weighted by atomic mass is 32.1. The van der Waals surface area contributed by atoms with Gasteiger partial charge in [-0.25, -0.2) is 0 Å². The van der Waals surface area contributed by atoms with Crippen LogP contribution in [0.15, 0.2) is 22.5 Å². The Kier molecular flexibility index (Phi) is 9.07. The van der Waals surface area contributed by atoms with E-state index < -0.39 is 0 Å². The molecule has 0 aliphatic rings. The number of nitrogens with zero attached hydrogens (tertiary/aromatic N) is 1. The van der Waals surface area contributed by atoms with Crippen molar-refractivity contribution in [3.8, 4) is 0 Å². The fraction of sp³-hybridized carbons (Fsp3) is 0.667. The maximum Gasteiger partial charge on any atom is 0.191 e. The largest absolute Gasteiger partial charge is 0.379 e. The van der Waals surface area contributed by atoms with Gasteiger partial charge in [0.05, 0.1) is 6.10 Å². The molecular weight excluding hydrogens is 270 g/mol. The van der Waals surface area contributed by atoms with Gasteiger partial charge in [0, 0.05) is 31.1 Å². The van der Waals surface area contributed by atoms with E-state index >= 15 is 0 Å². The van der Waals surface area contributed by atoms with E-state index in [9.17, 15) is 0 Å². The van der Waals surface area contributed by atoms with Gasteiger partial charge in [0.15, 0.2) is 5.96 Å². The van der Waals surface area contributed by atoms with E-state index in [1.54, 1.807) is 11.3 Å². The summed E-state index contributed by atoms with van der Waals surface area (Å²) in [6, 6.07) is 4.26. The predicted octanol–water partition coefficient (Wildman–Crippen LogP) is 2.66. The van der Waals surface area contributed by atoms with Crippen molar-refractivity contribution in [1.29, 1.82) is 0 Å². The van der Waals surface area contributed by atoms with Gasteiger partial charge in [-0.1, -0.05) is 6.07 Å². The number of hydrogen-bond acceptors (Lipinski definition) is 3. The van der Waals surface area contributed by atoms with Crippen molar-refractivity contribution >= 4 is 17.3 Å². The molecule has 5 heteroatoms. The molecule has 20 heavy (non-hydrogen) atoms. The highest BCUT2D eigenvalue weighted by Crippen LogP contribution is 2.07. The number of rotatable bonds is 9. The van der Waals surface area contributed by atoms with Crippen molar-refractivity contribution in [1.82, 2.24) is 10.6 Å². The summed E-state index contributed by atoms with van der Waals surface area (Å²) in [5.41, 5.74) is 0. The Bertz CT molecular complexity index is 363. The minimum absolute atomic E-state index is 0.302. The first-order valence-electron chi connectivity index (χ1n) is 7.38. The number of aliphatic imine (C=N–C) groups is 1. The highest BCUT2D eigenvalue weighted by molar-refractivity contribution is 7.09. The van der Waals surface area contributed by atoms with E-state index in [0.29, 0.717) is 6.10 Å². The Morgan fingerprint density at radius 1 is 1.40 bits per heavy atom.